The third kappa shape index (κ3) is 2.63. The van der Waals surface area contributed by atoms with Crippen molar-refractivity contribution in [3.05, 3.63) is 29.3 Å². The Morgan fingerprint density at radius 3 is 2.56 bits per heavy atom. The Kier molecular flexibility index (Phi) is 3.38. The van der Waals surface area contributed by atoms with Gasteiger partial charge in [-0.2, -0.15) is 18.7 Å². The predicted octanol–water partition coefficient (Wildman–Crippen LogP) is 1.89. The van der Waals surface area contributed by atoms with E-state index >= 15 is 0 Å². The highest BCUT2D eigenvalue weighted by molar-refractivity contribution is 5.91. The van der Waals surface area contributed by atoms with Gasteiger partial charge in [-0.05, 0) is 18.2 Å². The molecule has 0 bridgehead atoms. The second kappa shape index (κ2) is 4.40. The topological polar surface area (TPSA) is 65.3 Å². The largest absolute Gasteiger partial charge is 0.507 e. The monoisotopic (exact) mass is 234 g/mol. The molecule has 4 nitrogen and oxygen atoms in total. The van der Waals surface area contributed by atoms with E-state index in [9.17, 15) is 13.2 Å². The van der Waals surface area contributed by atoms with Gasteiger partial charge >= 0.3 is 6.18 Å². The highest BCUT2D eigenvalue weighted by Crippen LogP contribution is 2.36. The van der Waals surface area contributed by atoms with Crippen molar-refractivity contribution in [2.75, 3.05) is 7.05 Å². The second-order valence-electron chi connectivity index (χ2n) is 2.86. The van der Waals surface area contributed by atoms with Crippen molar-refractivity contribution in [1.29, 1.82) is 5.41 Å². The summed E-state index contributed by atoms with van der Waals surface area (Å²) in [6, 6.07) is 2.67. The van der Waals surface area contributed by atoms with E-state index in [0.29, 0.717) is 6.07 Å². The molecule has 1 aromatic rings. The minimum atomic E-state index is -4.67. The Morgan fingerprint density at radius 1 is 1.44 bits per heavy atom. The van der Waals surface area contributed by atoms with Crippen LogP contribution in [0.5, 0.6) is 5.75 Å². The maximum absolute atomic E-state index is 12.4. The molecule has 0 aromatic heterocycles. The zero-order valence-corrected chi connectivity index (χ0v) is 8.22. The molecule has 0 spiro atoms. The number of phenols is 1. The average Bonchev–Trinajstić information content (AvgIpc) is 2.16. The Morgan fingerprint density at radius 2 is 2.06 bits per heavy atom. The lowest BCUT2D eigenvalue weighted by atomic mass is 10.1. The van der Waals surface area contributed by atoms with Crippen molar-refractivity contribution in [3.8, 4) is 5.75 Å². The number of aromatic hydroxyl groups is 1. The van der Waals surface area contributed by atoms with Crippen LogP contribution in [0.25, 0.3) is 0 Å². The minimum Gasteiger partial charge on any atom is -0.507 e. The van der Waals surface area contributed by atoms with Crippen molar-refractivity contribution in [2.24, 2.45) is 0 Å². The number of halogens is 3. The number of nitrogens with one attached hydrogen (secondary N) is 2. The Hall–Kier alpha value is -1.76. The lowest BCUT2D eigenvalue weighted by Crippen LogP contribution is -2.16. The molecule has 0 atom stereocenters. The van der Waals surface area contributed by atoms with Gasteiger partial charge in [-0.1, -0.05) is 0 Å². The lowest BCUT2D eigenvalue weighted by Gasteiger charge is -2.11. The highest BCUT2D eigenvalue weighted by Gasteiger charge is 2.34. The molecule has 0 radical (unpaired) electrons. The van der Waals surface area contributed by atoms with Crippen molar-refractivity contribution in [2.45, 2.75) is 6.18 Å². The van der Waals surface area contributed by atoms with E-state index in [2.05, 4.69) is 10.3 Å². The second-order valence-corrected chi connectivity index (χ2v) is 2.86. The van der Waals surface area contributed by atoms with Gasteiger partial charge in [0.25, 0.3) is 0 Å². The number of rotatable bonds is 2. The van der Waals surface area contributed by atoms with E-state index in [1.807, 2.05) is 0 Å². The quantitative estimate of drug-likeness (QED) is 0.416. The predicted molar refractivity (Wildman–Crippen MR) is 50.1 cm³/mol. The third-order valence-electron chi connectivity index (χ3n) is 1.77. The van der Waals surface area contributed by atoms with Gasteiger partial charge in [-0.3, -0.25) is 5.41 Å². The summed E-state index contributed by atoms with van der Waals surface area (Å²) in [6.45, 7) is 0. The number of alkyl halides is 3. The number of hydrogen-bond donors (Lipinski definition) is 3. The van der Waals surface area contributed by atoms with Crippen LogP contribution in [-0.4, -0.2) is 18.1 Å². The summed E-state index contributed by atoms with van der Waals surface area (Å²) in [6.07, 6.45) is -4.67. The average molecular weight is 234 g/mol. The Labute approximate surface area is 89.1 Å². The molecule has 0 amide bonds. The molecule has 88 valence electrons. The van der Waals surface area contributed by atoms with E-state index in [1.54, 1.807) is 0 Å². The first-order valence-corrected chi connectivity index (χ1v) is 4.19. The summed E-state index contributed by atoms with van der Waals surface area (Å²) in [5.41, 5.74) is 0.887. The molecular formula is C9H9F3N2O2. The number of hydroxylamine groups is 1. The van der Waals surface area contributed by atoms with E-state index in [1.165, 1.54) is 7.05 Å². The van der Waals surface area contributed by atoms with E-state index < -0.39 is 23.4 Å². The molecule has 1 rings (SSSR count). The molecule has 0 aliphatic carbocycles. The Bertz CT molecular complexity index is 404. The molecule has 0 unspecified atom stereocenters. The van der Waals surface area contributed by atoms with Crippen molar-refractivity contribution >= 4 is 5.90 Å². The summed E-state index contributed by atoms with van der Waals surface area (Å²) in [4.78, 5) is 4.52. The van der Waals surface area contributed by atoms with Crippen LogP contribution >= 0.6 is 0 Å². The fourth-order valence-electron chi connectivity index (χ4n) is 1.07. The molecule has 0 saturated carbocycles. The maximum Gasteiger partial charge on any atom is 0.419 e. The molecule has 0 fully saturated rings. The number of phenolic OH excluding ortho intramolecular Hbond substituents is 1. The summed E-state index contributed by atoms with van der Waals surface area (Å²) in [5.74, 6) is -1.35. The van der Waals surface area contributed by atoms with E-state index in [0.717, 1.165) is 12.1 Å². The van der Waals surface area contributed by atoms with Crippen LogP contribution in [0, 0.1) is 5.41 Å². The summed E-state index contributed by atoms with van der Waals surface area (Å²) in [5, 5.41) is 16.3. The van der Waals surface area contributed by atoms with Crippen LogP contribution in [-0.2, 0) is 11.0 Å². The SMILES string of the molecule is CNOC(=N)c1ccc(O)c(C(F)(F)F)c1. The van der Waals surface area contributed by atoms with Crippen LogP contribution in [0.15, 0.2) is 18.2 Å². The van der Waals surface area contributed by atoms with Gasteiger partial charge in [0.1, 0.15) is 5.75 Å². The van der Waals surface area contributed by atoms with Crippen LogP contribution < -0.4 is 5.48 Å². The molecule has 0 aliphatic heterocycles. The molecule has 7 heteroatoms. The maximum atomic E-state index is 12.4. The van der Waals surface area contributed by atoms with Crippen LogP contribution in [0.1, 0.15) is 11.1 Å². The third-order valence-corrected chi connectivity index (χ3v) is 1.77. The Balaban J connectivity index is 3.13. The normalized spacial score (nSPS) is 11.2. The first kappa shape index (κ1) is 12.3. The molecule has 0 saturated heterocycles. The van der Waals surface area contributed by atoms with Gasteiger partial charge in [0, 0.05) is 12.6 Å². The highest BCUT2D eigenvalue weighted by atomic mass is 19.4. The number of benzene rings is 1. The fraction of sp³-hybridized carbons (Fsp3) is 0.222. The fourth-order valence-corrected chi connectivity index (χ4v) is 1.07. The van der Waals surface area contributed by atoms with Gasteiger partial charge in [0.2, 0.25) is 5.90 Å². The molecule has 1 aromatic carbocycles. The molecular weight excluding hydrogens is 225 g/mol. The summed E-state index contributed by atoms with van der Waals surface area (Å²) < 4.78 is 37.2. The van der Waals surface area contributed by atoms with Gasteiger partial charge in [-0.15, -0.1) is 0 Å². The zero-order chi connectivity index (χ0) is 12.3. The summed E-state index contributed by atoms with van der Waals surface area (Å²) in [7, 11) is 1.37. The van der Waals surface area contributed by atoms with Crippen LogP contribution in [0.2, 0.25) is 0 Å². The van der Waals surface area contributed by atoms with Gasteiger partial charge in [-0.25, -0.2) is 0 Å². The first-order valence-electron chi connectivity index (χ1n) is 4.19. The van der Waals surface area contributed by atoms with Gasteiger partial charge in [0.15, 0.2) is 0 Å². The van der Waals surface area contributed by atoms with Crippen molar-refractivity contribution < 1.29 is 23.1 Å². The molecule has 3 N–H and O–H groups in total. The lowest BCUT2D eigenvalue weighted by molar-refractivity contribution is -0.138. The van der Waals surface area contributed by atoms with Gasteiger partial charge < -0.3 is 9.94 Å². The van der Waals surface area contributed by atoms with Crippen molar-refractivity contribution in [1.82, 2.24) is 5.48 Å². The zero-order valence-electron chi connectivity index (χ0n) is 8.22. The van der Waals surface area contributed by atoms with Gasteiger partial charge in [0.05, 0.1) is 5.56 Å². The molecule has 0 aliphatic rings. The smallest absolute Gasteiger partial charge is 0.419 e. The standard InChI is InChI=1S/C9H9F3N2O2/c1-14-16-8(13)5-2-3-7(15)6(4-5)9(10,11)12/h2-4,13-15H,1H3. The first-order chi connectivity index (χ1) is 7.36. The van der Waals surface area contributed by atoms with E-state index in [4.69, 9.17) is 10.5 Å². The van der Waals surface area contributed by atoms with Crippen molar-refractivity contribution in [3.63, 3.8) is 0 Å². The molecule has 0 heterocycles. The minimum absolute atomic E-state index is 0.0838. The summed E-state index contributed by atoms with van der Waals surface area (Å²) >= 11 is 0. The van der Waals surface area contributed by atoms with Crippen LogP contribution in [0.3, 0.4) is 0 Å². The van der Waals surface area contributed by atoms with Crippen LogP contribution in [0.4, 0.5) is 13.2 Å². The molecule has 16 heavy (non-hydrogen) atoms. The number of hydrogen-bond acceptors (Lipinski definition) is 4. The van der Waals surface area contributed by atoms with E-state index in [-0.39, 0.29) is 5.56 Å².